The molecule has 0 saturated heterocycles. The first-order chi connectivity index (χ1) is 7.05. The van der Waals surface area contributed by atoms with Crippen molar-refractivity contribution >= 4 is 10.0 Å². The molecule has 2 N–H and O–H groups in total. The minimum Gasteiger partial charge on any atom is -0.391 e. The Labute approximate surface area is 90.9 Å². The van der Waals surface area contributed by atoms with E-state index in [0.717, 1.165) is 12.8 Å². The molecule has 0 spiro atoms. The van der Waals surface area contributed by atoms with E-state index in [0.29, 0.717) is 12.8 Å². The summed E-state index contributed by atoms with van der Waals surface area (Å²) in [6, 6.07) is -0.319. The molecular weight excluding hydrogens is 218 g/mol. The lowest BCUT2D eigenvalue weighted by molar-refractivity contribution is 0.101. The van der Waals surface area contributed by atoms with Crippen molar-refractivity contribution in [2.75, 3.05) is 19.5 Å². The molecule has 0 aromatic heterocycles. The third-order valence-electron chi connectivity index (χ3n) is 2.62. The van der Waals surface area contributed by atoms with E-state index in [1.807, 2.05) is 0 Å². The van der Waals surface area contributed by atoms with Gasteiger partial charge >= 0.3 is 0 Å². The molecule has 1 rings (SSSR count). The summed E-state index contributed by atoms with van der Waals surface area (Å²) < 4.78 is 30.2. The second kappa shape index (κ2) is 5.79. The second-order valence-corrected chi connectivity index (χ2v) is 5.76. The van der Waals surface area contributed by atoms with Gasteiger partial charge in [-0.1, -0.05) is 12.8 Å². The molecule has 0 amide bonds. The van der Waals surface area contributed by atoms with Gasteiger partial charge in [0.2, 0.25) is 10.0 Å². The fourth-order valence-corrected chi connectivity index (χ4v) is 2.97. The van der Waals surface area contributed by atoms with Crippen molar-refractivity contribution in [1.29, 1.82) is 0 Å². The summed E-state index contributed by atoms with van der Waals surface area (Å²) in [6.45, 7) is 0.179. The van der Waals surface area contributed by atoms with Gasteiger partial charge in [-0.3, -0.25) is 0 Å². The Balaban J connectivity index is 2.44. The minimum absolute atomic E-state index is 0.0489. The van der Waals surface area contributed by atoms with Crippen LogP contribution in [-0.2, 0) is 14.8 Å². The molecule has 2 atom stereocenters. The SMILES string of the molecule is COCCS(=O)(=O)N[C@@H]1CCCC[C@H]1O. The number of hydrogen-bond donors (Lipinski definition) is 2. The molecule has 15 heavy (non-hydrogen) atoms. The van der Waals surface area contributed by atoms with Crippen LogP contribution < -0.4 is 4.72 Å². The highest BCUT2D eigenvalue weighted by Crippen LogP contribution is 2.18. The summed E-state index contributed by atoms with van der Waals surface area (Å²) in [6.07, 6.45) is 2.78. The number of rotatable bonds is 5. The van der Waals surface area contributed by atoms with Crippen LogP contribution in [0.2, 0.25) is 0 Å². The zero-order valence-corrected chi connectivity index (χ0v) is 9.79. The maximum Gasteiger partial charge on any atom is 0.214 e. The van der Waals surface area contributed by atoms with Gasteiger partial charge in [-0.05, 0) is 12.8 Å². The van der Waals surface area contributed by atoms with E-state index in [1.54, 1.807) is 0 Å². The van der Waals surface area contributed by atoms with Crippen LogP contribution in [0.25, 0.3) is 0 Å². The van der Waals surface area contributed by atoms with Gasteiger partial charge < -0.3 is 9.84 Å². The standard InChI is InChI=1S/C9H19NO4S/c1-14-6-7-15(12,13)10-8-4-2-3-5-9(8)11/h8-11H,2-7H2,1H3/t8-,9-/m1/s1. The number of hydrogen-bond acceptors (Lipinski definition) is 4. The van der Waals surface area contributed by atoms with Crippen LogP contribution in [0.1, 0.15) is 25.7 Å². The first kappa shape index (κ1) is 12.9. The van der Waals surface area contributed by atoms with E-state index in [4.69, 9.17) is 4.74 Å². The van der Waals surface area contributed by atoms with E-state index < -0.39 is 16.1 Å². The van der Waals surface area contributed by atoms with Crippen LogP contribution >= 0.6 is 0 Å². The monoisotopic (exact) mass is 237 g/mol. The molecule has 5 nitrogen and oxygen atoms in total. The lowest BCUT2D eigenvalue weighted by Crippen LogP contribution is -2.46. The average molecular weight is 237 g/mol. The van der Waals surface area contributed by atoms with Crippen molar-refractivity contribution in [3.8, 4) is 0 Å². The lowest BCUT2D eigenvalue weighted by Gasteiger charge is -2.27. The number of methoxy groups -OCH3 is 1. The van der Waals surface area contributed by atoms with Crippen LogP contribution in [0.15, 0.2) is 0 Å². The predicted molar refractivity (Wildman–Crippen MR) is 57.1 cm³/mol. The Hall–Kier alpha value is -0.170. The van der Waals surface area contributed by atoms with E-state index in [9.17, 15) is 13.5 Å². The maximum atomic E-state index is 11.5. The van der Waals surface area contributed by atoms with Gasteiger partial charge in [0.25, 0.3) is 0 Å². The quantitative estimate of drug-likeness (QED) is 0.697. The van der Waals surface area contributed by atoms with Gasteiger partial charge in [0.15, 0.2) is 0 Å². The van der Waals surface area contributed by atoms with Crippen LogP contribution in [-0.4, -0.2) is 45.1 Å². The Morgan fingerprint density at radius 2 is 2.07 bits per heavy atom. The van der Waals surface area contributed by atoms with E-state index >= 15 is 0 Å². The number of aliphatic hydroxyl groups is 1. The van der Waals surface area contributed by atoms with Crippen molar-refractivity contribution in [3.05, 3.63) is 0 Å². The predicted octanol–water partition coefficient (Wildman–Crippen LogP) is -0.144. The van der Waals surface area contributed by atoms with Crippen molar-refractivity contribution in [1.82, 2.24) is 4.72 Å². The second-order valence-electron chi connectivity index (χ2n) is 3.89. The topological polar surface area (TPSA) is 75.6 Å². The molecule has 0 unspecified atom stereocenters. The number of aliphatic hydroxyl groups excluding tert-OH is 1. The number of sulfonamides is 1. The highest BCUT2D eigenvalue weighted by molar-refractivity contribution is 7.89. The van der Waals surface area contributed by atoms with Crippen molar-refractivity contribution < 1.29 is 18.3 Å². The summed E-state index contributed by atoms with van der Waals surface area (Å²) in [5, 5.41) is 9.60. The number of nitrogens with one attached hydrogen (secondary N) is 1. The van der Waals surface area contributed by atoms with Gasteiger partial charge in [-0.2, -0.15) is 0 Å². The van der Waals surface area contributed by atoms with Gasteiger partial charge in [0.05, 0.1) is 18.5 Å². The third kappa shape index (κ3) is 4.46. The first-order valence-electron chi connectivity index (χ1n) is 5.22. The molecule has 0 heterocycles. The van der Waals surface area contributed by atoms with E-state index in [-0.39, 0.29) is 18.4 Å². The van der Waals surface area contributed by atoms with Gasteiger partial charge in [-0.25, -0.2) is 13.1 Å². The van der Waals surface area contributed by atoms with Gasteiger partial charge in [0.1, 0.15) is 0 Å². The average Bonchev–Trinajstić information content (AvgIpc) is 2.18. The van der Waals surface area contributed by atoms with E-state index in [2.05, 4.69) is 4.72 Å². The molecule has 1 aliphatic rings. The van der Waals surface area contributed by atoms with Crippen molar-refractivity contribution in [2.24, 2.45) is 0 Å². The van der Waals surface area contributed by atoms with Crippen LogP contribution in [0.4, 0.5) is 0 Å². The van der Waals surface area contributed by atoms with Gasteiger partial charge in [-0.15, -0.1) is 0 Å². The zero-order chi connectivity index (χ0) is 11.3. The Kier molecular flexibility index (Phi) is 4.98. The van der Waals surface area contributed by atoms with Crippen molar-refractivity contribution in [2.45, 2.75) is 37.8 Å². The lowest BCUT2D eigenvalue weighted by atomic mass is 9.93. The van der Waals surface area contributed by atoms with Crippen molar-refractivity contribution in [3.63, 3.8) is 0 Å². The molecule has 0 radical (unpaired) electrons. The highest BCUT2D eigenvalue weighted by Gasteiger charge is 2.26. The van der Waals surface area contributed by atoms with Crippen LogP contribution in [0.3, 0.4) is 0 Å². The Morgan fingerprint density at radius 1 is 1.40 bits per heavy atom. The Bertz CT molecular complexity index is 278. The fraction of sp³-hybridized carbons (Fsp3) is 1.00. The largest absolute Gasteiger partial charge is 0.391 e. The van der Waals surface area contributed by atoms with E-state index in [1.165, 1.54) is 7.11 Å². The molecule has 90 valence electrons. The molecule has 0 aromatic carbocycles. The number of ether oxygens (including phenoxy) is 1. The first-order valence-corrected chi connectivity index (χ1v) is 6.87. The normalized spacial score (nSPS) is 27.9. The minimum atomic E-state index is -3.31. The maximum absolute atomic E-state index is 11.5. The zero-order valence-electron chi connectivity index (χ0n) is 8.98. The molecule has 6 heteroatoms. The molecule has 0 bridgehead atoms. The summed E-state index contributed by atoms with van der Waals surface area (Å²) in [4.78, 5) is 0. The molecule has 1 saturated carbocycles. The fourth-order valence-electron chi connectivity index (χ4n) is 1.73. The summed E-state index contributed by atoms with van der Waals surface area (Å²) in [5.74, 6) is -0.0489. The highest BCUT2D eigenvalue weighted by atomic mass is 32.2. The smallest absolute Gasteiger partial charge is 0.214 e. The molecule has 1 aliphatic carbocycles. The third-order valence-corrected chi connectivity index (χ3v) is 3.98. The molecule has 0 aliphatic heterocycles. The van der Waals surface area contributed by atoms with Gasteiger partial charge in [0, 0.05) is 13.2 Å². The molecule has 0 aromatic rings. The van der Waals surface area contributed by atoms with Crippen LogP contribution in [0, 0.1) is 0 Å². The summed E-state index contributed by atoms with van der Waals surface area (Å²) in [7, 11) is -1.85. The summed E-state index contributed by atoms with van der Waals surface area (Å²) in [5.41, 5.74) is 0. The molecular formula is C9H19NO4S. The Morgan fingerprint density at radius 3 is 2.67 bits per heavy atom. The van der Waals surface area contributed by atoms with Crippen LogP contribution in [0.5, 0.6) is 0 Å². The summed E-state index contributed by atoms with van der Waals surface area (Å²) >= 11 is 0. The molecule has 1 fully saturated rings.